The minimum Gasteiger partial charge on any atom is -0.493 e. The molecule has 6 nitrogen and oxygen atoms in total. The van der Waals surface area contributed by atoms with Gasteiger partial charge in [-0.15, -0.1) is 0 Å². The van der Waals surface area contributed by atoms with Crippen molar-refractivity contribution in [2.24, 2.45) is 0 Å². The van der Waals surface area contributed by atoms with E-state index in [-0.39, 0.29) is 11.5 Å². The molecule has 0 saturated heterocycles. The lowest BCUT2D eigenvalue weighted by atomic mass is 10.1. The zero-order valence-corrected chi connectivity index (χ0v) is 11.6. The van der Waals surface area contributed by atoms with Crippen molar-refractivity contribution in [3.8, 4) is 17.1 Å². The van der Waals surface area contributed by atoms with Crippen LogP contribution in [-0.4, -0.2) is 16.6 Å². The normalized spacial score (nSPS) is 10.5. The summed E-state index contributed by atoms with van der Waals surface area (Å²) in [6.45, 7) is 4.56. The van der Waals surface area contributed by atoms with Gasteiger partial charge in [-0.25, -0.2) is 4.98 Å². The molecule has 0 spiro atoms. The van der Waals surface area contributed by atoms with E-state index in [9.17, 15) is 4.79 Å². The van der Waals surface area contributed by atoms with E-state index in [1.54, 1.807) is 0 Å². The SMILES string of the molecule is CCCOc1ccc(C)cc1-c1nc(N)c(N)c(=O)[nH]1. The molecule has 0 amide bonds. The highest BCUT2D eigenvalue weighted by Gasteiger charge is 2.12. The van der Waals surface area contributed by atoms with Crippen molar-refractivity contribution < 1.29 is 4.74 Å². The number of nitrogens with zero attached hydrogens (tertiary/aromatic N) is 1. The first-order valence-electron chi connectivity index (χ1n) is 6.42. The summed E-state index contributed by atoms with van der Waals surface area (Å²) in [4.78, 5) is 18.5. The van der Waals surface area contributed by atoms with Crippen LogP contribution in [0.3, 0.4) is 0 Å². The molecule has 2 aromatic rings. The third-order valence-electron chi connectivity index (χ3n) is 2.84. The summed E-state index contributed by atoms with van der Waals surface area (Å²) in [6, 6.07) is 5.68. The van der Waals surface area contributed by atoms with Crippen molar-refractivity contribution in [2.75, 3.05) is 18.1 Å². The maximum atomic E-state index is 11.7. The fourth-order valence-electron chi connectivity index (χ4n) is 1.79. The molecule has 0 bridgehead atoms. The lowest BCUT2D eigenvalue weighted by molar-refractivity contribution is 0.318. The van der Waals surface area contributed by atoms with Gasteiger partial charge in [0.05, 0.1) is 12.2 Å². The molecule has 0 radical (unpaired) electrons. The van der Waals surface area contributed by atoms with Crippen molar-refractivity contribution >= 4 is 11.5 Å². The van der Waals surface area contributed by atoms with Gasteiger partial charge in [-0.2, -0.15) is 0 Å². The van der Waals surface area contributed by atoms with Gasteiger partial charge in [0.25, 0.3) is 5.56 Å². The Balaban J connectivity index is 2.56. The lowest BCUT2D eigenvalue weighted by Gasteiger charge is -2.12. The first-order valence-corrected chi connectivity index (χ1v) is 6.42. The van der Waals surface area contributed by atoms with E-state index in [0.717, 1.165) is 12.0 Å². The molecule has 5 N–H and O–H groups in total. The van der Waals surface area contributed by atoms with Crippen molar-refractivity contribution in [1.82, 2.24) is 9.97 Å². The van der Waals surface area contributed by atoms with Gasteiger partial charge in [-0.3, -0.25) is 4.79 Å². The van der Waals surface area contributed by atoms with E-state index >= 15 is 0 Å². The molecular formula is C14H18N4O2. The summed E-state index contributed by atoms with van der Waals surface area (Å²) in [5.41, 5.74) is 12.4. The minimum atomic E-state index is -0.449. The second-order valence-corrected chi connectivity index (χ2v) is 4.56. The number of aryl methyl sites for hydroxylation is 1. The Bertz CT molecular complexity index is 679. The highest BCUT2D eigenvalue weighted by molar-refractivity contribution is 5.68. The molecule has 0 aliphatic rings. The van der Waals surface area contributed by atoms with Crippen LogP contribution < -0.4 is 21.8 Å². The van der Waals surface area contributed by atoms with E-state index in [0.29, 0.717) is 23.7 Å². The number of benzene rings is 1. The van der Waals surface area contributed by atoms with Crippen LogP contribution in [0.15, 0.2) is 23.0 Å². The number of hydrogen-bond donors (Lipinski definition) is 3. The lowest BCUT2D eigenvalue weighted by Crippen LogP contribution is -2.17. The Morgan fingerprint density at radius 3 is 2.75 bits per heavy atom. The molecule has 0 aliphatic heterocycles. The fraction of sp³-hybridized carbons (Fsp3) is 0.286. The maximum Gasteiger partial charge on any atom is 0.276 e. The van der Waals surface area contributed by atoms with E-state index in [1.165, 1.54) is 0 Å². The van der Waals surface area contributed by atoms with Gasteiger partial charge in [-0.1, -0.05) is 18.6 Å². The summed E-state index contributed by atoms with van der Waals surface area (Å²) in [5.74, 6) is 1.04. The largest absolute Gasteiger partial charge is 0.493 e. The zero-order valence-electron chi connectivity index (χ0n) is 11.6. The van der Waals surface area contributed by atoms with Gasteiger partial charge in [0.2, 0.25) is 0 Å². The van der Waals surface area contributed by atoms with Gasteiger partial charge in [-0.05, 0) is 25.5 Å². The van der Waals surface area contributed by atoms with Crippen LogP contribution in [0.4, 0.5) is 11.5 Å². The number of hydrogen-bond acceptors (Lipinski definition) is 5. The second kappa shape index (κ2) is 5.64. The summed E-state index contributed by atoms with van der Waals surface area (Å²) in [7, 11) is 0. The van der Waals surface area contributed by atoms with Gasteiger partial charge in [0.1, 0.15) is 17.3 Å². The van der Waals surface area contributed by atoms with Crippen LogP contribution >= 0.6 is 0 Å². The van der Waals surface area contributed by atoms with Gasteiger partial charge in [0, 0.05) is 0 Å². The Morgan fingerprint density at radius 1 is 1.35 bits per heavy atom. The number of aromatic nitrogens is 2. The standard InChI is InChI=1S/C14H18N4O2/c1-3-6-20-10-5-4-8(2)7-9(10)13-17-12(16)11(15)14(19)18-13/h4-5,7H,3,6,15H2,1-2H3,(H3,16,17,18,19). The van der Waals surface area contributed by atoms with Crippen molar-refractivity contribution in [1.29, 1.82) is 0 Å². The molecular weight excluding hydrogens is 256 g/mol. The number of nitrogen functional groups attached to an aromatic ring is 2. The number of nitrogens with one attached hydrogen (secondary N) is 1. The van der Waals surface area contributed by atoms with E-state index in [4.69, 9.17) is 16.2 Å². The molecule has 6 heteroatoms. The number of anilines is 2. The molecule has 0 unspecified atom stereocenters. The quantitative estimate of drug-likeness (QED) is 0.786. The molecule has 1 aromatic heterocycles. The van der Waals surface area contributed by atoms with E-state index in [1.807, 2.05) is 32.0 Å². The number of rotatable bonds is 4. The summed E-state index contributed by atoms with van der Waals surface area (Å²) in [6.07, 6.45) is 0.890. The summed E-state index contributed by atoms with van der Waals surface area (Å²) in [5, 5.41) is 0. The number of ether oxygens (including phenoxy) is 1. The molecule has 0 fully saturated rings. The second-order valence-electron chi connectivity index (χ2n) is 4.56. The third-order valence-corrected chi connectivity index (χ3v) is 2.84. The van der Waals surface area contributed by atoms with Crippen LogP contribution in [0.2, 0.25) is 0 Å². The molecule has 0 aliphatic carbocycles. The number of H-pyrrole nitrogens is 1. The van der Waals surface area contributed by atoms with Crippen LogP contribution in [0.5, 0.6) is 5.75 Å². The van der Waals surface area contributed by atoms with Gasteiger partial charge < -0.3 is 21.2 Å². The molecule has 106 valence electrons. The third kappa shape index (κ3) is 2.74. The highest BCUT2D eigenvalue weighted by atomic mass is 16.5. The van der Waals surface area contributed by atoms with E-state index in [2.05, 4.69) is 9.97 Å². The zero-order chi connectivity index (χ0) is 14.7. The molecule has 0 saturated carbocycles. The van der Waals surface area contributed by atoms with Crippen LogP contribution in [-0.2, 0) is 0 Å². The van der Waals surface area contributed by atoms with E-state index < -0.39 is 5.56 Å². The smallest absolute Gasteiger partial charge is 0.276 e. The van der Waals surface area contributed by atoms with Crippen molar-refractivity contribution in [3.05, 3.63) is 34.1 Å². The first-order chi connectivity index (χ1) is 9.52. The molecule has 20 heavy (non-hydrogen) atoms. The predicted molar refractivity (Wildman–Crippen MR) is 79.6 cm³/mol. The van der Waals surface area contributed by atoms with Crippen molar-refractivity contribution in [2.45, 2.75) is 20.3 Å². The molecule has 1 aromatic carbocycles. The number of aromatic amines is 1. The van der Waals surface area contributed by atoms with Crippen LogP contribution in [0.1, 0.15) is 18.9 Å². The first kappa shape index (κ1) is 13.9. The molecule has 1 heterocycles. The average molecular weight is 274 g/mol. The van der Waals surface area contributed by atoms with Crippen LogP contribution in [0, 0.1) is 6.92 Å². The Kier molecular flexibility index (Phi) is 3.93. The predicted octanol–water partition coefficient (Wildman–Crippen LogP) is 1.70. The Morgan fingerprint density at radius 2 is 2.10 bits per heavy atom. The maximum absolute atomic E-state index is 11.7. The minimum absolute atomic E-state index is 0.0201. The Labute approximate surface area is 116 Å². The van der Waals surface area contributed by atoms with Crippen LogP contribution in [0.25, 0.3) is 11.4 Å². The average Bonchev–Trinajstić information content (AvgIpc) is 2.43. The highest BCUT2D eigenvalue weighted by Crippen LogP contribution is 2.29. The molecule has 0 atom stereocenters. The van der Waals surface area contributed by atoms with Crippen molar-refractivity contribution in [3.63, 3.8) is 0 Å². The summed E-state index contributed by atoms with van der Waals surface area (Å²) >= 11 is 0. The number of nitrogens with two attached hydrogens (primary N) is 2. The molecule has 2 rings (SSSR count). The van der Waals surface area contributed by atoms with Gasteiger partial charge in [0.15, 0.2) is 5.82 Å². The summed E-state index contributed by atoms with van der Waals surface area (Å²) < 4.78 is 5.67. The fourth-order valence-corrected chi connectivity index (χ4v) is 1.79. The van der Waals surface area contributed by atoms with Gasteiger partial charge >= 0.3 is 0 Å². The monoisotopic (exact) mass is 274 g/mol. The topological polar surface area (TPSA) is 107 Å². The Hall–Kier alpha value is -2.50.